The highest BCUT2D eigenvalue weighted by Crippen LogP contribution is 2.04. The van der Waals surface area contributed by atoms with E-state index < -0.39 is 23.8 Å². The Hall–Kier alpha value is -4.46. The van der Waals surface area contributed by atoms with Crippen LogP contribution < -0.4 is 10.6 Å². The third kappa shape index (κ3) is 7.10. The van der Waals surface area contributed by atoms with Crippen molar-refractivity contribution in [3.8, 4) is 0 Å². The van der Waals surface area contributed by atoms with Gasteiger partial charge in [0.05, 0.1) is 14.2 Å². The van der Waals surface area contributed by atoms with Crippen LogP contribution in [0.2, 0.25) is 0 Å². The Bertz CT molecular complexity index is 971. The van der Waals surface area contributed by atoms with Crippen LogP contribution in [-0.4, -0.2) is 38.0 Å². The van der Waals surface area contributed by atoms with Crippen molar-refractivity contribution in [3.05, 3.63) is 107 Å². The van der Waals surface area contributed by atoms with E-state index in [1.165, 1.54) is 38.5 Å². The van der Waals surface area contributed by atoms with Gasteiger partial charge >= 0.3 is 11.9 Å². The smallest absolute Gasteiger partial charge is 0.354 e. The maximum atomic E-state index is 12.3. The van der Waals surface area contributed by atoms with Crippen molar-refractivity contribution in [3.63, 3.8) is 0 Å². The van der Waals surface area contributed by atoms with Crippen LogP contribution in [0.15, 0.2) is 96.4 Å². The third-order valence-corrected chi connectivity index (χ3v) is 4.02. The highest BCUT2D eigenvalue weighted by atomic mass is 16.5. The molecule has 0 aliphatic carbocycles. The first kappa shape index (κ1) is 23.8. The Balaban J connectivity index is 2.18. The topological polar surface area (TPSA) is 111 Å². The number of ether oxygens (including phenoxy) is 2. The lowest BCUT2D eigenvalue weighted by Gasteiger charge is -2.08. The lowest BCUT2D eigenvalue weighted by molar-refractivity contribution is -0.137. The molecule has 2 aromatic rings. The van der Waals surface area contributed by atoms with Crippen molar-refractivity contribution in [1.82, 2.24) is 10.6 Å². The van der Waals surface area contributed by atoms with Gasteiger partial charge in [-0.15, -0.1) is 0 Å². The first-order valence-corrected chi connectivity index (χ1v) is 9.44. The second-order valence-corrected chi connectivity index (χ2v) is 6.17. The van der Waals surface area contributed by atoms with E-state index in [-0.39, 0.29) is 11.4 Å². The molecule has 0 aliphatic rings. The number of carbonyl (C=O) groups is 4. The summed E-state index contributed by atoms with van der Waals surface area (Å²) in [7, 11) is 2.37. The van der Waals surface area contributed by atoms with Crippen LogP contribution in [0.5, 0.6) is 0 Å². The SMILES string of the molecule is COC(=O)C(=CC=CC=C(NC(=O)c1ccccc1)C(=O)OC)NC(=O)c1ccccc1. The molecule has 0 bridgehead atoms. The van der Waals surface area contributed by atoms with E-state index in [0.717, 1.165) is 0 Å². The van der Waals surface area contributed by atoms with Crippen LogP contribution in [0.4, 0.5) is 0 Å². The molecule has 0 atom stereocenters. The molecule has 0 aromatic heterocycles. The van der Waals surface area contributed by atoms with Gasteiger partial charge in [0.1, 0.15) is 11.4 Å². The number of esters is 2. The number of rotatable bonds is 8. The maximum absolute atomic E-state index is 12.3. The summed E-state index contributed by atoms with van der Waals surface area (Å²) in [5, 5.41) is 4.95. The van der Waals surface area contributed by atoms with E-state index >= 15 is 0 Å². The van der Waals surface area contributed by atoms with Gasteiger partial charge < -0.3 is 20.1 Å². The molecule has 164 valence electrons. The van der Waals surface area contributed by atoms with E-state index in [4.69, 9.17) is 0 Å². The minimum atomic E-state index is -0.756. The molecule has 0 fully saturated rings. The number of allylic oxidation sites excluding steroid dienone is 4. The minimum Gasteiger partial charge on any atom is -0.464 e. The number of hydrogen-bond donors (Lipinski definition) is 2. The summed E-state index contributed by atoms with van der Waals surface area (Å²) in [5.41, 5.74) is 0.503. The average molecular weight is 434 g/mol. The van der Waals surface area contributed by atoms with Gasteiger partial charge in [0, 0.05) is 11.1 Å². The zero-order valence-corrected chi connectivity index (χ0v) is 17.5. The number of benzene rings is 2. The van der Waals surface area contributed by atoms with Crippen molar-refractivity contribution in [1.29, 1.82) is 0 Å². The fraction of sp³-hybridized carbons (Fsp3) is 0.0833. The number of carbonyl (C=O) groups excluding carboxylic acids is 4. The molecule has 2 amide bonds. The fourth-order valence-electron chi connectivity index (χ4n) is 2.41. The van der Waals surface area contributed by atoms with Crippen LogP contribution in [0.1, 0.15) is 20.7 Å². The predicted molar refractivity (Wildman–Crippen MR) is 117 cm³/mol. The number of nitrogens with one attached hydrogen (secondary N) is 2. The highest BCUT2D eigenvalue weighted by Gasteiger charge is 2.15. The Kier molecular flexibility index (Phi) is 9.14. The lowest BCUT2D eigenvalue weighted by Crippen LogP contribution is -2.28. The van der Waals surface area contributed by atoms with Crippen molar-refractivity contribution < 1.29 is 28.7 Å². The third-order valence-electron chi connectivity index (χ3n) is 4.02. The molecule has 0 saturated carbocycles. The molecule has 2 rings (SSSR count). The van der Waals surface area contributed by atoms with Crippen LogP contribution in [0, 0.1) is 0 Å². The Morgan fingerprint density at radius 2 is 0.969 bits per heavy atom. The summed E-state index contributed by atoms with van der Waals surface area (Å²) >= 11 is 0. The van der Waals surface area contributed by atoms with Gasteiger partial charge in [-0.3, -0.25) is 9.59 Å². The van der Waals surface area contributed by atoms with Crippen LogP contribution in [0.25, 0.3) is 0 Å². The first-order valence-electron chi connectivity index (χ1n) is 9.44. The van der Waals surface area contributed by atoms with Crippen molar-refractivity contribution in [2.45, 2.75) is 0 Å². The van der Waals surface area contributed by atoms with E-state index in [9.17, 15) is 19.2 Å². The van der Waals surface area contributed by atoms with E-state index in [2.05, 4.69) is 20.1 Å². The molecule has 2 aromatic carbocycles. The van der Waals surface area contributed by atoms with Crippen LogP contribution >= 0.6 is 0 Å². The molecular formula is C24H22N2O6. The van der Waals surface area contributed by atoms with Gasteiger partial charge in [0.25, 0.3) is 11.8 Å². The standard InChI is InChI=1S/C24H22N2O6/c1-31-23(29)19(25-21(27)17-11-5-3-6-12-17)15-9-10-16-20(24(30)32-2)26-22(28)18-13-7-4-8-14-18/h3-16H,1-2H3,(H,25,27)(H,26,28). The van der Waals surface area contributed by atoms with Gasteiger partial charge in [0.2, 0.25) is 0 Å². The van der Waals surface area contributed by atoms with Gasteiger partial charge in [-0.25, -0.2) is 9.59 Å². The first-order chi connectivity index (χ1) is 15.5. The highest BCUT2D eigenvalue weighted by molar-refractivity contribution is 6.02. The Morgan fingerprint density at radius 1 is 0.625 bits per heavy atom. The molecule has 2 N–H and O–H groups in total. The molecule has 0 spiro atoms. The van der Waals surface area contributed by atoms with Crippen molar-refractivity contribution in [2.75, 3.05) is 14.2 Å². The van der Waals surface area contributed by atoms with E-state index in [1.54, 1.807) is 60.7 Å². The second kappa shape index (κ2) is 12.3. The van der Waals surface area contributed by atoms with Crippen molar-refractivity contribution in [2.24, 2.45) is 0 Å². The van der Waals surface area contributed by atoms with Gasteiger partial charge in [0.15, 0.2) is 0 Å². The molecule has 0 unspecified atom stereocenters. The molecular weight excluding hydrogens is 412 g/mol. The zero-order valence-electron chi connectivity index (χ0n) is 17.5. The number of methoxy groups -OCH3 is 2. The summed E-state index contributed by atoms with van der Waals surface area (Å²) in [6.07, 6.45) is 5.40. The summed E-state index contributed by atoms with van der Waals surface area (Å²) in [6, 6.07) is 16.7. The second-order valence-electron chi connectivity index (χ2n) is 6.17. The van der Waals surface area contributed by atoms with E-state index in [0.29, 0.717) is 11.1 Å². The summed E-state index contributed by atoms with van der Waals surface area (Å²) in [4.78, 5) is 48.5. The van der Waals surface area contributed by atoms with Gasteiger partial charge in [-0.1, -0.05) is 48.6 Å². The average Bonchev–Trinajstić information content (AvgIpc) is 2.84. The van der Waals surface area contributed by atoms with Gasteiger partial charge in [-0.2, -0.15) is 0 Å². The van der Waals surface area contributed by atoms with E-state index in [1.807, 2.05) is 0 Å². The lowest BCUT2D eigenvalue weighted by atomic mass is 10.2. The molecule has 0 aliphatic heterocycles. The summed E-state index contributed by atoms with van der Waals surface area (Å²) < 4.78 is 9.36. The van der Waals surface area contributed by atoms with Crippen LogP contribution in [0.3, 0.4) is 0 Å². The predicted octanol–water partition coefficient (Wildman–Crippen LogP) is 2.52. The van der Waals surface area contributed by atoms with Crippen LogP contribution in [-0.2, 0) is 19.1 Å². The Morgan fingerprint density at radius 3 is 1.28 bits per heavy atom. The molecule has 8 heteroatoms. The zero-order chi connectivity index (χ0) is 23.3. The fourth-order valence-corrected chi connectivity index (χ4v) is 2.41. The maximum Gasteiger partial charge on any atom is 0.354 e. The largest absolute Gasteiger partial charge is 0.464 e. The number of amides is 2. The van der Waals surface area contributed by atoms with Crippen molar-refractivity contribution >= 4 is 23.8 Å². The molecule has 0 saturated heterocycles. The Labute approximate surface area is 185 Å². The molecule has 8 nitrogen and oxygen atoms in total. The monoisotopic (exact) mass is 434 g/mol. The quantitative estimate of drug-likeness (QED) is 0.375. The molecule has 0 heterocycles. The molecule has 32 heavy (non-hydrogen) atoms. The van der Waals surface area contributed by atoms with Gasteiger partial charge in [-0.05, 0) is 36.4 Å². The molecule has 0 radical (unpaired) electrons. The summed E-state index contributed by atoms with van der Waals surface area (Å²) in [6.45, 7) is 0. The summed E-state index contributed by atoms with van der Waals surface area (Å²) in [5.74, 6) is -2.49. The number of hydrogen-bond acceptors (Lipinski definition) is 6. The minimum absolute atomic E-state index is 0.112. The normalized spacial score (nSPS) is 11.6.